The number of anilines is 2. The lowest BCUT2D eigenvalue weighted by Gasteiger charge is -2.14. The number of aromatic nitrogens is 2. The number of ether oxygens (including phenoxy) is 2. The van der Waals surface area contributed by atoms with Gasteiger partial charge < -0.3 is 19.6 Å². The molecule has 5 N–H and O–H groups in total. The van der Waals surface area contributed by atoms with Crippen molar-refractivity contribution in [2.75, 3.05) is 24.6 Å². The van der Waals surface area contributed by atoms with E-state index in [1.165, 1.54) is 7.11 Å². The summed E-state index contributed by atoms with van der Waals surface area (Å²) in [6.07, 6.45) is -0.655. The number of hydrazine groups is 2. The Balaban J connectivity index is 1.70. The third kappa shape index (κ3) is 4.27. The quantitative estimate of drug-likeness (QED) is 0.360. The minimum absolute atomic E-state index is 0.255. The molecule has 1 aliphatic rings. The summed E-state index contributed by atoms with van der Waals surface area (Å²) in [5, 5.41) is 9.25. The van der Waals surface area contributed by atoms with E-state index in [1.54, 1.807) is 0 Å². The van der Waals surface area contributed by atoms with E-state index < -0.39 is 12.1 Å². The smallest absolute Gasteiger partial charge is 0.333 e. The zero-order valence-electron chi connectivity index (χ0n) is 17.6. The largest absolute Gasteiger partial charge is 0.493 e. The van der Waals surface area contributed by atoms with Crippen LogP contribution in [-0.4, -0.2) is 40.9 Å². The number of nitrogens with zero attached hydrogens (tertiary/aromatic N) is 1. The van der Waals surface area contributed by atoms with Gasteiger partial charge in [0, 0.05) is 13.5 Å². The van der Waals surface area contributed by atoms with Crippen molar-refractivity contribution in [2.45, 2.75) is 19.4 Å². The van der Waals surface area contributed by atoms with Crippen LogP contribution in [0.15, 0.2) is 47.3 Å². The zero-order chi connectivity index (χ0) is 22.7. The van der Waals surface area contributed by atoms with E-state index in [1.807, 2.05) is 49.4 Å². The summed E-state index contributed by atoms with van der Waals surface area (Å²) in [5.74, 6) is 0.336. The van der Waals surface area contributed by atoms with Crippen LogP contribution < -0.4 is 26.7 Å². The second-order valence-electron chi connectivity index (χ2n) is 7.12. The number of methoxy groups -OCH3 is 1. The maximum atomic E-state index is 12.3. The van der Waals surface area contributed by atoms with Crippen molar-refractivity contribution >= 4 is 17.5 Å². The summed E-state index contributed by atoms with van der Waals surface area (Å²) in [4.78, 5) is 30.9. The molecule has 0 saturated carbocycles. The van der Waals surface area contributed by atoms with E-state index in [-0.39, 0.29) is 12.0 Å². The van der Waals surface area contributed by atoms with Gasteiger partial charge >= 0.3 is 5.97 Å². The zero-order valence-corrected chi connectivity index (χ0v) is 17.6. The number of nitrogens with one attached hydrogen (secondary N) is 4. The number of carboxylic acids is 1. The van der Waals surface area contributed by atoms with Crippen LogP contribution in [-0.2, 0) is 16.0 Å². The molecule has 2 aromatic carbocycles. The van der Waals surface area contributed by atoms with E-state index in [9.17, 15) is 14.7 Å². The summed E-state index contributed by atoms with van der Waals surface area (Å²) in [6, 6.07) is 13.2. The van der Waals surface area contributed by atoms with Crippen LogP contribution in [0.25, 0.3) is 22.5 Å². The van der Waals surface area contributed by atoms with Crippen LogP contribution in [0.2, 0.25) is 0 Å². The lowest BCUT2D eigenvalue weighted by Crippen LogP contribution is -2.24. The maximum absolute atomic E-state index is 12.3. The van der Waals surface area contributed by atoms with Gasteiger partial charge in [-0.25, -0.2) is 9.78 Å². The van der Waals surface area contributed by atoms with E-state index in [0.717, 1.165) is 16.7 Å². The first kappa shape index (κ1) is 21.3. The molecule has 1 aromatic heterocycles. The molecule has 4 rings (SSSR count). The third-order valence-electron chi connectivity index (χ3n) is 5.07. The summed E-state index contributed by atoms with van der Waals surface area (Å²) < 4.78 is 10.9. The molecule has 3 aromatic rings. The van der Waals surface area contributed by atoms with Crippen LogP contribution in [0.3, 0.4) is 0 Å². The van der Waals surface area contributed by atoms with Gasteiger partial charge in [0.05, 0.1) is 12.2 Å². The Kier molecular flexibility index (Phi) is 6.06. The topological polar surface area (TPSA) is 138 Å². The lowest BCUT2D eigenvalue weighted by molar-refractivity contribution is -0.148. The second kappa shape index (κ2) is 9.08. The summed E-state index contributed by atoms with van der Waals surface area (Å²) in [5.41, 5.74) is 11.4. The minimum Gasteiger partial charge on any atom is -0.493 e. The van der Waals surface area contributed by atoms with Crippen molar-refractivity contribution in [1.29, 1.82) is 0 Å². The normalized spacial score (nSPS) is 13.1. The first-order chi connectivity index (χ1) is 15.5. The van der Waals surface area contributed by atoms with Crippen LogP contribution >= 0.6 is 0 Å². The van der Waals surface area contributed by atoms with Gasteiger partial charge in [0.25, 0.3) is 5.56 Å². The Morgan fingerprint density at radius 1 is 1.16 bits per heavy atom. The van der Waals surface area contributed by atoms with Gasteiger partial charge in [-0.1, -0.05) is 30.3 Å². The molecule has 0 amide bonds. The highest BCUT2D eigenvalue weighted by Crippen LogP contribution is 2.34. The van der Waals surface area contributed by atoms with Crippen LogP contribution in [0.1, 0.15) is 12.5 Å². The van der Waals surface area contributed by atoms with E-state index in [4.69, 9.17) is 9.47 Å². The fourth-order valence-corrected chi connectivity index (χ4v) is 3.50. The molecule has 32 heavy (non-hydrogen) atoms. The summed E-state index contributed by atoms with van der Waals surface area (Å²) in [6.45, 7) is 2.31. The molecule has 1 atom stereocenters. The number of carboxylic acid groups (broad SMARTS) is 1. The Hall–Kier alpha value is -3.89. The number of fused-ring (bicyclic) bond motifs is 1. The lowest BCUT2D eigenvalue weighted by atomic mass is 9.98. The monoisotopic (exact) mass is 437 g/mol. The maximum Gasteiger partial charge on any atom is 0.333 e. The molecule has 2 heterocycles. The molecule has 0 spiro atoms. The van der Waals surface area contributed by atoms with Crippen molar-refractivity contribution in [3.8, 4) is 28.3 Å². The van der Waals surface area contributed by atoms with Crippen molar-refractivity contribution in [3.63, 3.8) is 0 Å². The number of rotatable bonds is 8. The molecule has 0 fully saturated rings. The molecule has 0 aliphatic carbocycles. The number of hydrogen-bond acceptors (Lipinski definition) is 8. The predicted molar refractivity (Wildman–Crippen MR) is 119 cm³/mol. The Bertz CT molecular complexity index is 1210. The highest BCUT2D eigenvalue weighted by atomic mass is 16.5. The van der Waals surface area contributed by atoms with Gasteiger partial charge in [0.15, 0.2) is 17.6 Å². The highest BCUT2D eigenvalue weighted by Gasteiger charge is 2.20. The van der Waals surface area contributed by atoms with Crippen LogP contribution in [0.4, 0.5) is 11.5 Å². The second-order valence-corrected chi connectivity index (χ2v) is 7.12. The van der Waals surface area contributed by atoms with Gasteiger partial charge in [-0.15, -0.1) is 5.53 Å². The first-order valence-electron chi connectivity index (χ1n) is 10.0. The van der Waals surface area contributed by atoms with Crippen molar-refractivity contribution in [1.82, 2.24) is 15.5 Å². The Labute approximate surface area is 183 Å². The molecular formula is C22H23N5O5. The van der Waals surface area contributed by atoms with Gasteiger partial charge in [0.2, 0.25) is 0 Å². The standard InChI is InChI=1S/C22H23N5O5/c1-3-32-16-11-14(13-6-4-5-12(9-13)10-17(31-2)22(29)30)7-8-15(16)19-23-20-18(21(28)24-19)25-27-26-20/h4-9,11,17,25,27H,3,10H2,1-2H3,(H,29,30)(H2,23,24,26,28)/t17-/m0/s1. The molecular weight excluding hydrogens is 414 g/mol. The van der Waals surface area contributed by atoms with Crippen molar-refractivity contribution in [2.24, 2.45) is 0 Å². The van der Waals surface area contributed by atoms with E-state index in [0.29, 0.717) is 35.2 Å². The first-order valence-corrected chi connectivity index (χ1v) is 10.0. The minimum atomic E-state index is -1.00. The van der Waals surface area contributed by atoms with Gasteiger partial charge in [-0.2, -0.15) is 0 Å². The number of aliphatic carboxylic acids is 1. The molecule has 0 radical (unpaired) electrons. The number of benzene rings is 2. The molecule has 166 valence electrons. The SMILES string of the molecule is CCOc1cc(-c2cccc(C[C@H](OC)C(=O)O)c2)ccc1-c1nc2c(c(=O)[nH]1)NNN2. The van der Waals surface area contributed by atoms with Crippen LogP contribution in [0, 0.1) is 0 Å². The average molecular weight is 437 g/mol. The molecule has 0 unspecified atom stereocenters. The molecule has 10 heteroatoms. The average Bonchev–Trinajstić information content (AvgIpc) is 3.27. The third-order valence-corrected chi connectivity index (χ3v) is 5.07. The number of H-pyrrole nitrogens is 1. The summed E-state index contributed by atoms with van der Waals surface area (Å²) in [7, 11) is 1.38. The molecule has 10 nitrogen and oxygen atoms in total. The van der Waals surface area contributed by atoms with Gasteiger partial charge in [-0.05, 0) is 35.7 Å². The van der Waals surface area contributed by atoms with E-state index in [2.05, 4.69) is 26.4 Å². The fourth-order valence-electron chi connectivity index (χ4n) is 3.50. The fraction of sp³-hybridized carbons (Fsp3) is 0.227. The predicted octanol–water partition coefficient (Wildman–Crippen LogP) is 2.40. The van der Waals surface area contributed by atoms with Crippen molar-refractivity contribution < 1.29 is 19.4 Å². The highest BCUT2D eigenvalue weighted by molar-refractivity contribution is 5.76. The number of aromatic amines is 1. The molecule has 0 saturated heterocycles. The van der Waals surface area contributed by atoms with Crippen LogP contribution in [0.5, 0.6) is 5.75 Å². The molecule has 0 bridgehead atoms. The molecule has 1 aliphatic heterocycles. The number of carbonyl (C=O) groups is 1. The summed E-state index contributed by atoms with van der Waals surface area (Å²) >= 11 is 0. The van der Waals surface area contributed by atoms with Crippen molar-refractivity contribution in [3.05, 3.63) is 58.4 Å². The Morgan fingerprint density at radius 2 is 1.97 bits per heavy atom. The Morgan fingerprint density at radius 3 is 2.72 bits per heavy atom. The van der Waals surface area contributed by atoms with E-state index >= 15 is 0 Å². The van der Waals surface area contributed by atoms with Gasteiger partial charge in [-0.3, -0.25) is 15.6 Å². The number of hydrogen-bond donors (Lipinski definition) is 5. The van der Waals surface area contributed by atoms with Gasteiger partial charge in [0.1, 0.15) is 11.6 Å².